The second kappa shape index (κ2) is 4.05. The molecule has 0 saturated carbocycles. The normalized spacial score (nSPS) is 9.93. The van der Waals surface area contributed by atoms with Gasteiger partial charge in [0, 0.05) is 5.02 Å². The van der Waals surface area contributed by atoms with Crippen LogP contribution >= 0.6 is 27.5 Å². The SMILES string of the molecule is N#Cc1cnn(-c2ccc(Cl)cc2)c1Br. The van der Waals surface area contributed by atoms with Crippen LogP contribution in [0, 0.1) is 11.3 Å². The number of benzene rings is 1. The minimum Gasteiger partial charge on any atom is -0.225 e. The third-order valence-electron chi connectivity index (χ3n) is 1.90. The molecule has 74 valence electrons. The van der Waals surface area contributed by atoms with Crippen molar-refractivity contribution >= 4 is 27.5 Å². The maximum Gasteiger partial charge on any atom is 0.127 e. The van der Waals surface area contributed by atoms with Crippen molar-refractivity contribution in [3.8, 4) is 11.8 Å². The van der Waals surface area contributed by atoms with Crippen LogP contribution < -0.4 is 0 Å². The van der Waals surface area contributed by atoms with Crippen LogP contribution in [-0.4, -0.2) is 9.78 Å². The molecular formula is C10H5BrClN3. The molecule has 5 heteroatoms. The fourth-order valence-electron chi connectivity index (χ4n) is 1.17. The van der Waals surface area contributed by atoms with Gasteiger partial charge in [-0.1, -0.05) is 11.6 Å². The van der Waals surface area contributed by atoms with Crippen molar-refractivity contribution in [2.45, 2.75) is 0 Å². The summed E-state index contributed by atoms with van der Waals surface area (Å²) in [6.07, 6.45) is 1.51. The predicted octanol–water partition coefficient (Wildman–Crippen LogP) is 3.16. The van der Waals surface area contributed by atoms with E-state index in [0.29, 0.717) is 15.2 Å². The van der Waals surface area contributed by atoms with E-state index in [2.05, 4.69) is 21.0 Å². The molecule has 0 aliphatic rings. The molecule has 0 aliphatic carbocycles. The van der Waals surface area contributed by atoms with Gasteiger partial charge in [0.15, 0.2) is 0 Å². The summed E-state index contributed by atoms with van der Waals surface area (Å²) in [5, 5.41) is 13.5. The van der Waals surface area contributed by atoms with Gasteiger partial charge in [-0.3, -0.25) is 0 Å². The highest BCUT2D eigenvalue weighted by Crippen LogP contribution is 2.21. The maximum absolute atomic E-state index is 8.77. The van der Waals surface area contributed by atoms with Gasteiger partial charge in [0.2, 0.25) is 0 Å². The Hall–Kier alpha value is -1.31. The van der Waals surface area contributed by atoms with Crippen molar-refractivity contribution in [3.63, 3.8) is 0 Å². The predicted molar refractivity (Wildman–Crippen MR) is 61.0 cm³/mol. The summed E-state index contributed by atoms with van der Waals surface area (Å²) in [6, 6.07) is 9.26. The van der Waals surface area contributed by atoms with Crippen molar-refractivity contribution in [2.24, 2.45) is 0 Å². The largest absolute Gasteiger partial charge is 0.225 e. The first-order valence-corrected chi connectivity index (χ1v) is 5.29. The minimum absolute atomic E-state index is 0.505. The minimum atomic E-state index is 0.505. The van der Waals surface area contributed by atoms with Gasteiger partial charge in [0.05, 0.1) is 11.9 Å². The molecule has 1 aromatic heterocycles. The van der Waals surface area contributed by atoms with Crippen molar-refractivity contribution < 1.29 is 0 Å². The highest BCUT2D eigenvalue weighted by molar-refractivity contribution is 9.10. The van der Waals surface area contributed by atoms with E-state index < -0.39 is 0 Å². The fourth-order valence-corrected chi connectivity index (χ4v) is 1.78. The molecule has 0 unspecified atom stereocenters. The first-order valence-electron chi connectivity index (χ1n) is 4.12. The Kier molecular flexibility index (Phi) is 2.76. The van der Waals surface area contributed by atoms with Crippen LogP contribution in [0.15, 0.2) is 35.1 Å². The molecule has 15 heavy (non-hydrogen) atoms. The second-order valence-electron chi connectivity index (χ2n) is 2.85. The van der Waals surface area contributed by atoms with Crippen LogP contribution in [0.25, 0.3) is 5.69 Å². The Bertz CT molecular complexity index is 525. The van der Waals surface area contributed by atoms with Crippen LogP contribution in [0.4, 0.5) is 0 Å². The molecule has 1 aromatic carbocycles. The Morgan fingerprint density at radius 3 is 2.53 bits per heavy atom. The Morgan fingerprint density at radius 2 is 2.00 bits per heavy atom. The number of nitrogens with zero attached hydrogens (tertiary/aromatic N) is 3. The molecule has 2 aromatic rings. The summed E-state index contributed by atoms with van der Waals surface area (Å²) < 4.78 is 2.28. The third-order valence-corrected chi connectivity index (χ3v) is 2.92. The van der Waals surface area contributed by atoms with Crippen molar-refractivity contribution in [3.05, 3.63) is 45.7 Å². The molecule has 2 rings (SSSR count). The van der Waals surface area contributed by atoms with E-state index in [4.69, 9.17) is 16.9 Å². The summed E-state index contributed by atoms with van der Waals surface area (Å²) >= 11 is 9.09. The molecule has 0 N–H and O–H groups in total. The van der Waals surface area contributed by atoms with Crippen LogP contribution in [0.2, 0.25) is 5.02 Å². The lowest BCUT2D eigenvalue weighted by atomic mass is 10.3. The molecule has 0 radical (unpaired) electrons. The summed E-state index contributed by atoms with van der Waals surface area (Å²) in [4.78, 5) is 0. The topological polar surface area (TPSA) is 41.6 Å². The van der Waals surface area contributed by atoms with E-state index in [-0.39, 0.29) is 0 Å². The lowest BCUT2D eigenvalue weighted by molar-refractivity contribution is 0.860. The first kappa shape index (κ1) is 10.2. The highest BCUT2D eigenvalue weighted by Gasteiger charge is 2.08. The standard InChI is InChI=1S/C10H5BrClN3/c11-10-7(5-13)6-14-15(10)9-3-1-8(12)2-4-9/h1-4,6H. The van der Waals surface area contributed by atoms with Gasteiger partial charge in [0.1, 0.15) is 16.2 Å². The monoisotopic (exact) mass is 281 g/mol. The quantitative estimate of drug-likeness (QED) is 0.806. The van der Waals surface area contributed by atoms with Gasteiger partial charge < -0.3 is 0 Å². The summed E-state index contributed by atoms with van der Waals surface area (Å²) in [5.41, 5.74) is 1.36. The van der Waals surface area contributed by atoms with Crippen LogP contribution in [-0.2, 0) is 0 Å². The molecule has 0 atom stereocenters. The number of hydrogen-bond acceptors (Lipinski definition) is 2. The Balaban J connectivity index is 2.51. The lowest BCUT2D eigenvalue weighted by Gasteiger charge is -2.02. The molecule has 0 bridgehead atoms. The van der Waals surface area contributed by atoms with Crippen LogP contribution in [0.5, 0.6) is 0 Å². The highest BCUT2D eigenvalue weighted by atomic mass is 79.9. The van der Waals surface area contributed by atoms with E-state index in [1.54, 1.807) is 16.8 Å². The van der Waals surface area contributed by atoms with Crippen molar-refractivity contribution in [1.82, 2.24) is 9.78 Å². The van der Waals surface area contributed by atoms with Crippen LogP contribution in [0.3, 0.4) is 0 Å². The molecule has 0 amide bonds. The Labute approximate surface area is 100 Å². The molecule has 0 saturated heterocycles. The summed E-state index contributed by atoms with van der Waals surface area (Å²) in [5.74, 6) is 0. The van der Waals surface area contributed by atoms with Gasteiger partial charge in [0.25, 0.3) is 0 Å². The van der Waals surface area contributed by atoms with Crippen molar-refractivity contribution in [1.29, 1.82) is 5.26 Å². The molecule has 0 fully saturated rings. The van der Waals surface area contributed by atoms with Gasteiger partial charge in [-0.05, 0) is 40.2 Å². The number of aromatic nitrogens is 2. The lowest BCUT2D eigenvalue weighted by Crippen LogP contribution is -1.95. The number of hydrogen-bond donors (Lipinski definition) is 0. The number of rotatable bonds is 1. The molecule has 0 aliphatic heterocycles. The van der Waals surface area contributed by atoms with Crippen LogP contribution in [0.1, 0.15) is 5.56 Å². The number of nitriles is 1. The molecular weight excluding hydrogens is 277 g/mol. The van der Waals surface area contributed by atoms with Gasteiger partial charge in [-0.25, -0.2) is 4.68 Å². The van der Waals surface area contributed by atoms with Crippen molar-refractivity contribution in [2.75, 3.05) is 0 Å². The van der Waals surface area contributed by atoms with E-state index in [1.807, 2.05) is 18.2 Å². The zero-order valence-electron chi connectivity index (χ0n) is 7.48. The Morgan fingerprint density at radius 1 is 1.33 bits per heavy atom. The zero-order valence-corrected chi connectivity index (χ0v) is 9.83. The average Bonchev–Trinajstić information content (AvgIpc) is 2.61. The summed E-state index contributed by atoms with van der Waals surface area (Å²) in [6.45, 7) is 0. The average molecular weight is 283 g/mol. The van der Waals surface area contributed by atoms with E-state index in [0.717, 1.165) is 5.69 Å². The van der Waals surface area contributed by atoms with Gasteiger partial charge in [-0.2, -0.15) is 10.4 Å². The first-order chi connectivity index (χ1) is 7.22. The molecule has 0 spiro atoms. The molecule has 3 nitrogen and oxygen atoms in total. The van der Waals surface area contributed by atoms with E-state index in [1.165, 1.54) is 6.20 Å². The summed E-state index contributed by atoms with van der Waals surface area (Å²) in [7, 11) is 0. The fraction of sp³-hybridized carbons (Fsp3) is 0. The second-order valence-corrected chi connectivity index (χ2v) is 4.04. The van der Waals surface area contributed by atoms with Gasteiger partial charge >= 0.3 is 0 Å². The zero-order chi connectivity index (χ0) is 10.8. The number of halogens is 2. The van der Waals surface area contributed by atoms with E-state index >= 15 is 0 Å². The smallest absolute Gasteiger partial charge is 0.127 e. The van der Waals surface area contributed by atoms with E-state index in [9.17, 15) is 0 Å². The maximum atomic E-state index is 8.77. The third kappa shape index (κ3) is 1.89. The molecule has 1 heterocycles. The van der Waals surface area contributed by atoms with Gasteiger partial charge in [-0.15, -0.1) is 0 Å².